The molecule has 0 aliphatic carbocycles. The van der Waals surface area contributed by atoms with Crippen LogP contribution in [-0.4, -0.2) is 21.9 Å². The lowest BCUT2D eigenvalue weighted by molar-refractivity contribution is -0.114. The van der Waals surface area contributed by atoms with Gasteiger partial charge in [-0.1, -0.05) is 48.8 Å². The number of rotatable bonds is 5. The van der Waals surface area contributed by atoms with Gasteiger partial charge in [-0.25, -0.2) is 0 Å². The third-order valence-corrected chi connectivity index (χ3v) is 5.31. The molecule has 154 valence electrons. The Kier molecular flexibility index (Phi) is 5.19. The molecular weight excluding hydrogens is 450 g/mol. The number of benzene rings is 2. The summed E-state index contributed by atoms with van der Waals surface area (Å²) in [7, 11) is 0. The van der Waals surface area contributed by atoms with E-state index in [4.69, 9.17) is 9.15 Å². The predicted molar refractivity (Wildman–Crippen MR) is 113 cm³/mol. The van der Waals surface area contributed by atoms with Crippen LogP contribution in [0.25, 0.3) is 0 Å². The molecule has 0 fully saturated rings. The highest BCUT2D eigenvalue weighted by molar-refractivity contribution is 9.10. The first-order chi connectivity index (χ1) is 14.2. The fourth-order valence-corrected chi connectivity index (χ4v) is 3.53. The average molecular weight is 470 g/mol. The van der Waals surface area contributed by atoms with Gasteiger partial charge in [0.15, 0.2) is 6.61 Å². The number of Topliss-reactive ketones (excluding diaryl/α,β-unsaturated/α-hetero) is 1. The summed E-state index contributed by atoms with van der Waals surface area (Å²) in [5, 5.41) is 7.95. The van der Waals surface area contributed by atoms with E-state index in [1.807, 2.05) is 24.3 Å². The molecule has 7 nitrogen and oxygen atoms in total. The molecule has 0 bridgehead atoms. The van der Waals surface area contributed by atoms with E-state index < -0.39 is 11.7 Å². The lowest BCUT2D eigenvalue weighted by atomic mass is 9.87. The Morgan fingerprint density at radius 2 is 1.73 bits per heavy atom. The van der Waals surface area contributed by atoms with E-state index in [1.165, 1.54) is 10.5 Å². The number of ketones is 1. The minimum atomic E-state index is -0.613. The molecule has 0 radical (unpaired) electrons. The van der Waals surface area contributed by atoms with Crippen LogP contribution in [-0.2, 0) is 23.4 Å². The van der Waals surface area contributed by atoms with Gasteiger partial charge in [0.2, 0.25) is 5.89 Å². The van der Waals surface area contributed by atoms with Crippen molar-refractivity contribution in [3.05, 3.63) is 69.8 Å². The molecule has 1 aliphatic heterocycles. The maximum atomic E-state index is 12.3. The van der Waals surface area contributed by atoms with Crippen LogP contribution in [0, 0.1) is 0 Å². The first-order valence-corrected chi connectivity index (χ1v) is 10.2. The maximum absolute atomic E-state index is 12.3. The molecule has 0 N–H and O–H groups in total. The van der Waals surface area contributed by atoms with Crippen LogP contribution in [0.1, 0.15) is 48.5 Å². The van der Waals surface area contributed by atoms with Crippen molar-refractivity contribution >= 4 is 33.3 Å². The van der Waals surface area contributed by atoms with Crippen molar-refractivity contribution in [2.75, 3.05) is 4.90 Å². The number of hydrogen-bond acceptors (Lipinski definition) is 6. The highest BCUT2D eigenvalue weighted by Gasteiger charge is 2.36. The van der Waals surface area contributed by atoms with E-state index >= 15 is 0 Å². The van der Waals surface area contributed by atoms with E-state index in [9.17, 15) is 9.59 Å². The maximum Gasteiger partial charge on any atom is 0.299 e. The van der Waals surface area contributed by atoms with Crippen LogP contribution < -0.4 is 9.64 Å². The first kappa shape index (κ1) is 20.3. The fraction of sp³-hybridized carbons (Fsp3) is 0.273. The van der Waals surface area contributed by atoms with Gasteiger partial charge in [-0.15, -0.1) is 10.2 Å². The summed E-state index contributed by atoms with van der Waals surface area (Å²) in [5.41, 5.74) is 2.18. The smallest absolute Gasteiger partial charge is 0.299 e. The molecule has 30 heavy (non-hydrogen) atoms. The minimum Gasteiger partial charge on any atom is -0.484 e. The zero-order chi connectivity index (χ0) is 21.5. The monoisotopic (exact) mass is 469 g/mol. The Morgan fingerprint density at radius 1 is 1.03 bits per heavy atom. The zero-order valence-electron chi connectivity index (χ0n) is 16.8. The van der Waals surface area contributed by atoms with E-state index in [2.05, 4.69) is 46.9 Å². The lowest BCUT2D eigenvalue weighted by Gasteiger charge is -2.19. The molecule has 1 amide bonds. The van der Waals surface area contributed by atoms with Crippen molar-refractivity contribution in [1.29, 1.82) is 0 Å². The first-order valence-electron chi connectivity index (χ1n) is 9.43. The molecular formula is C22H20BrN3O4. The Morgan fingerprint density at radius 3 is 2.43 bits per heavy atom. The van der Waals surface area contributed by atoms with Crippen molar-refractivity contribution in [2.45, 2.75) is 39.3 Å². The third-order valence-electron chi connectivity index (χ3n) is 4.82. The highest BCUT2D eigenvalue weighted by atomic mass is 79.9. The summed E-state index contributed by atoms with van der Waals surface area (Å²) in [6.45, 7) is 6.58. The Hall–Kier alpha value is -3.00. The molecule has 0 saturated heterocycles. The van der Waals surface area contributed by atoms with Crippen molar-refractivity contribution in [3.8, 4) is 5.75 Å². The second kappa shape index (κ2) is 7.68. The van der Waals surface area contributed by atoms with E-state index in [0.717, 1.165) is 4.47 Å². The number of ether oxygens (including phenoxy) is 1. The van der Waals surface area contributed by atoms with Crippen LogP contribution in [0.2, 0.25) is 0 Å². The van der Waals surface area contributed by atoms with Crippen LogP contribution in [0.5, 0.6) is 5.75 Å². The minimum absolute atomic E-state index is 0.0203. The van der Waals surface area contributed by atoms with Gasteiger partial charge in [-0.3, -0.25) is 14.5 Å². The van der Waals surface area contributed by atoms with Crippen LogP contribution in [0.3, 0.4) is 0 Å². The summed E-state index contributed by atoms with van der Waals surface area (Å²) in [5.74, 6) is 0.0567. The molecule has 0 atom stereocenters. The number of halogens is 1. The number of hydrogen-bond donors (Lipinski definition) is 0. The van der Waals surface area contributed by atoms with Gasteiger partial charge >= 0.3 is 0 Å². The average Bonchev–Trinajstić information content (AvgIpc) is 3.25. The number of nitrogens with zero attached hydrogens (tertiary/aromatic N) is 3. The molecule has 0 unspecified atom stereocenters. The van der Waals surface area contributed by atoms with Gasteiger partial charge in [-0.05, 0) is 41.3 Å². The van der Waals surface area contributed by atoms with E-state index in [1.54, 1.807) is 18.2 Å². The number of anilines is 1. The van der Waals surface area contributed by atoms with Gasteiger partial charge in [0.25, 0.3) is 17.6 Å². The number of carbonyl (C=O) groups excluding carboxylic acids is 2. The van der Waals surface area contributed by atoms with Crippen LogP contribution in [0.15, 0.2) is 51.4 Å². The molecule has 3 aromatic rings. The quantitative estimate of drug-likeness (QED) is 0.513. The Balaban J connectivity index is 1.42. The standard InChI is InChI=1S/C22H20BrN3O4/c1-22(2,3)13-4-7-15(8-5-13)29-12-19-25-24-18(30-19)11-26-17-9-6-14(23)10-16(17)20(27)21(26)28/h4-10H,11-12H2,1-3H3. The van der Waals surface area contributed by atoms with Crippen molar-refractivity contribution < 1.29 is 18.7 Å². The lowest BCUT2D eigenvalue weighted by Crippen LogP contribution is -2.29. The summed E-state index contributed by atoms with van der Waals surface area (Å²) in [4.78, 5) is 25.9. The Bertz CT molecular complexity index is 1120. The summed E-state index contributed by atoms with van der Waals surface area (Å²) >= 11 is 3.32. The van der Waals surface area contributed by atoms with Gasteiger partial charge in [0.05, 0.1) is 11.3 Å². The van der Waals surface area contributed by atoms with Gasteiger partial charge < -0.3 is 9.15 Å². The van der Waals surface area contributed by atoms with E-state index in [-0.39, 0.29) is 24.5 Å². The molecule has 1 aromatic heterocycles. The molecule has 8 heteroatoms. The second-order valence-corrected chi connectivity index (χ2v) is 8.95. The Labute approximate surface area is 182 Å². The highest BCUT2D eigenvalue weighted by Crippen LogP contribution is 2.32. The summed E-state index contributed by atoms with van der Waals surface area (Å²) in [6.07, 6.45) is 0. The number of fused-ring (bicyclic) bond motifs is 1. The fourth-order valence-electron chi connectivity index (χ4n) is 3.17. The van der Waals surface area contributed by atoms with Gasteiger partial charge in [0.1, 0.15) is 12.3 Å². The second-order valence-electron chi connectivity index (χ2n) is 8.03. The molecule has 2 aromatic carbocycles. The SMILES string of the molecule is CC(C)(C)c1ccc(OCc2nnc(CN3C(=O)C(=O)c4cc(Br)ccc43)o2)cc1. The van der Waals surface area contributed by atoms with Gasteiger partial charge in [0, 0.05) is 4.47 Å². The van der Waals surface area contributed by atoms with Crippen molar-refractivity contribution in [2.24, 2.45) is 0 Å². The van der Waals surface area contributed by atoms with Crippen LogP contribution in [0.4, 0.5) is 5.69 Å². The molecule has 0 saturated carbocycles. The van der Waals surface area contributed by atoms with Gasteiger partial charge in [-0.2, -0.15) is 0 Å². The molecule has 1 aliphatic rings. The largest absolute Gasteiger partial charge is 0.484 e. The van der Waals surface area contributed by atoms with Crippen molar-refractivity contribution in [1.82, 2.24) is 10.2 Å². The number of aromatic nitrogens is 2. The molecule has 2 heterocycles. The van der Waals surface area contributed by atoms with E-state index in [0.29, 0.717) is 22.9 Å². The van der Waals surface area contributed by atoms with Crippen molar-refractivity contribution in [3.63, 3.8) is 0 Å². The topological polar surface area (TPSA) is 85.5 Å². The zero-order valence-corrected chi connectivity index (χ0v) is 18.4. The molecule has 0 spiro atoms. The summed E-state index contributed by atoms with van der Waals surface area (Å²) < 4.78 is 12.1. The summed E-state index contributed by atoms with van der Waals surface area (Å²) in [6, 6.07) is 13.0. The normalized spacial score (nSPS) is 13.7. The number of carbonyl (C=O) groups is 2. The third kappa shape index (κ3) is 4.00. The molecule has 4 rings (SSSR count). The number of amides is 1. The van der Waals surface area contributed by atoms with Crippen LogP contribution >= 0.6 is 15.9 Å². The predicted octanol–water partition coefficient (Wildman–Crippen LogP) is 4.44.